The molecule has 2 atom stereocenters. The third-order valence-corrected chi connectivity index (χ3v) is 7.92. The van der Waals surface area contributed by atoms with Crippen LogP contribution in [-0.2, 0) is 15.4 Å². The van der Waals surface area contributed by atoms with Gasteiger partial charge >= 0.3 is 0 Å². The Morgan fingerprint density at radius 3 is 2.67 bits per heavy atom. The topological polar surface area (TPSA) is 76.3 Å². The van der Waals surface area contributed by atoms with Gasteiger partial charge in [0.25, 0.3) is 0 Å². The normalized spacial score (nSPS) is 23.7. The Morgan fingerprint density at radius 2 is 2.04 bits per heavy atom. The second-order valence-corrected chi connectivity index (χ2v) is 10.6. The summed E-state index contributed by atoms with van der Waals surface area (Å²) < 4.78 is 28.5. The molecule has 2 aromatic rings. The van der Waals surface area contributed by atoms with Gasteiger partial charge in [-0.25, -0.2) is 13.4 Å². The summed E-state index contributed by atoms with van der Waals surface area (Å²) in [6.45, 7) is 8.75. The summed E-state index contributed by atoms with van der Waals surface area (Å²) in [5.74, 6) is 0. The zero-order chi connectivity index (χ0) is 17.7. The van der Waals surface area contributed by atoms with Gasteiger partial charge in [0, 0.05) is 24.0 Å². The largest absolute Gasteiger partial charge is 0.328 e. The first-order chi connectivity index (χ1) is 11.1. The maximum atomic E-state index is 13.0. The van der Waals surface area contributed by atoms with Gasteiger partial charge in [0.2, 0.25) is 10.0 Å². The summed E-state index contributed by atoms with van der Waals surface area (Å²) >= 11 is 1.57. The van der Waals surface area contributed by atoms with Gasteiger partial charge in [0.15, 0.2) is 0 Å². The van der Waals surface area contributed by atoms with E-state index in [9.17, 15) is 8.42 Å². The molecule has 0 saturated carbocycles. The molecule has 2 N–H and O–H groups in total. The number of thiazole rings is 1. The van der Waals surface area contributed by atoms with Crippen LogP contribution in [0.5, 0.6) is 0 Å². The van der Waals surface area contributed by atoms with Gasteiger partial charge < -0.3 is 5.73 Å². The molecule has 0 aliphatic carbocycles. The molecule has 3 rings (SSSR count). The third kappa shape index (κ3) is 3.22. The molecule has 2 heterocycles. The Morgan fingerprint density at radius 1 is 1.33 bits per heavy atom. The first kappa shape index (κ1) is 17.8. The Labute approximate surface area is 147 Å². The second kappa shape index (κ2) is 6.05. The lowest BCUT2D eigenvalue weighted by atomic mass is 9.98. The van der Waals surface area contributed by atoms with E-state index in [2.05, 4.69) is 25.8 Å². The highest BCUT2D eigenvalue weighted by Crippen LogP contribution is 2.33. The molecule has 0 bridgehead atoms. The number of hydrogen-bond donors (Lipinski definition) is 1. The van der Waals surface area contributed by atoms with E-state index in [0.717, 1.165) is 15.2 Å². The number of fused-ring (bicyclic) bond motifs is 1. The zero-order valence-corrected chi connectivity index (χ0v) is 16.2. The highest BCUT2D eigenvalue weighted by molar-refractivity contribution is 7.89. The summed E-state index contributed by atoms with van der Waals surface area (Å²) in [7, 11) is -3.50. The van der Waals surface area contributed by atoms with Gasteiger partial charge in [-0.3, -0.25) is 0 Å². The fourth-order valence-corrected chi connectivity index (χ4v) is 5.89. The molecule has 0 amide bonds. The Hall–Kier alpha value is -1.02. The number of piperidine rings is 1. The number of benzene rings is 1. The molecular weight excluding hydrogens is 342 g/mol. The van der Waals surface area contributed by atoms with E-state index < -0.39 is 10.0 Å². The van der Waals surface area contributed by atoms with Crippen LogP contribution in [0.15, 0.2) is 23.1 Å². The molecule has 0 radical (unpaired) electrons. The number of nitrogens with zero attached hydrogens (tertiary/aromatic N) is 2. The fraction of sp³-hybridized carbons (Fsp3) is 0.588. The van der Waals surface area contributed by atoms with Crippen molar-refractivity contribution in [1.82, 2.24) is 9.29 Å². The number of hydrogen-bond acceptors (Lipinski definition) is 5. The minimum atomic E-state index is -3.50. The molecule has 1 aromatic carbocycles. The molecule has 1 saturated heterocycles. The van der Waals surface area contributed by atoms with Crippen LogP contribution in [0.25, 0.3) is 10.2 Å². The second-order valence-electron chi connectivity index (χ2n) is 7.65. The third-order valence-electron chi connectivity index (χ3n) is 4.46. The van der Waals surface area contributed by atoms with Gasteiger partial charge in [0.05, 0.1) is 20.1 Å². The molecule has 7 heteroatoms. The molecule has 1 fully saturated rings. The first-order valence-corrected chi connectivity index (χ1v) is 10.5. The molecule has 0 unspecified atom stereocenters. The van der Waals surface area contributed by atoms with Crippen molar-refractivity contribution in [2.24, 2.45) is 5.73 Å². The van der Waals surface area contributed by atoms with Crippen LogP contribution in [0.3, 0.4) is 0 Å². The summed E-state index contributed by atoms with van der Waals surface area (Å²) in [5, 5.41) is 1.02. The summed E-state index contributed by atoms with van der Waals surface area (Å²) in [4.78, 5) is 4.99. The first-order valence-electron chi connectivity index (χ1n) is 8.27. The van der Waals surface area contributed by atoms with Crippen LogP contribution in [0, 0.1) is 0 Å². The van der Waals surface area contributed by atoms with Crippen molar-refractivity contribution < 1.29 is 8.42 Å². The lowest BCUT2D eigenvalue weighted by molar-refractivity contribution is 0.247. The number of sulfonamides is 1. The average molecular weight is 368 g/mol. The van der Waals surface area contributed by atoms with Crippen molar-refractivity contribution >= 4 is 31.6 Å². The summed E-state index contributed by atoms with van der Waals surface area (Å²) in [6, 6.07) is 5.27. The van der Waals surface area contributed by atoms with E-state index in [1.165, 1.54) is 0 Å². The standard InChI is InChI=1S/C17H25N3O2S2/c1-11-9-12(18)7-8-20(11)24(21,22)13-5-6-14-15(10-13)23-16(19-14)17(2,3)4/h5-6,10-12H,7-9,18H2,1-4H3/t11-,12+/m1/s1. The van der Waals surface area contributed by atoms with Crippen LogP contribution in [-0.4, -0.2) is 36.3 Å². The van der Waals surface area contributed by atoms with E-state index in [1.54, 1.807) is 27.8 Å². The van der Waals surface area contributed by atoms with Crippen LogP contribution < -0.4 is 5.73 Å². The zero-order valence-electron chi connectivity index (χ0n) is 14.6. The van der Waals surface area contributed by atoms with Crippen molar-refractivity contribution in [1.29, 1.82) is 0 Å². The minimum Gasteiger partial charge on any atom is -0.328 e. The molecule has 1 aliphatic heterocycles. The van der Waals surface area contributed by atoms with Crippen molar-refractivity contribution in [3.05, 3.63) is 23.2 Å². The van der Waals surface area contributed by atoms with Crippen molar-refractivity contribution in [2.45, 2.75) is 62.9 Å². The highest BCUT2D eigenvalue weighted by atomic mass is 32.2. The Bertz CT molecular complexity index is 852. The molecule has 0 spiro atoms. The van der Waals surface area contributed by atoms with Crippen molar-refractivity contribution in [3.8, 4) is 0 Å². The predicted octanol–water partition coefficient (Wildman–Crippen LogP) is 3.09. The Balaban J connectivity index is 1.99. The summed E-state index contributed by atoms with van der Waals surface area (Å²) in [5.41, 5.74) is 6.78. The number of rotatable bonds is 2. The average Bonchev–Trinajstić information content (AvgIpc) is 2.89. The quantitative estimate of drug-likeness (QED) is 0.885. The molecular formula is C17H25N3O2S2. The highest BCUT2D eigenvalue weighted by Gasteiger charge is 2.33. The summed E-state index contributed by atoms with van der Waals surface area (Å²) in [6.07, 6.45) is 1.41. The lowest BCUT2D eigenvalue weighted by Crippen LogP contribution is -2.48. The Kier molecular flexibility index (Phi) is 4.49. The number of nitrogens with two attached hydrogens (primary N) is 1. The van der Waals surface area contributed by atoms with Gasteiger partial charge in [0.1, 0.15) is 0 Å². The predicted molar refractivity (Wildman–Crippen MR) is 98.9 cm³/mol. The van der Waals surface area contributed by atoms with Gasteiger partial charge in [-0.1, -0.05) is 20.8 Å². The van der Waals surface area contributed by atoms with Crippen LogP contribution in [0.1, 0.15) is 45.5 Å². The van der Waals surface area contributed by atoms with Gasteiger partial charge in [-0.2, -0.15) is 4.31 Å². The van der Waals surface area contributed by atoms with E-state index >= 15 is 0 Å². The molecule has 24 heavy (non-hydrogen) atoms. The monoisotopic (exact) mass is 367 g/mol. The van der Waals surface area contributed by atoms with Crippen molar-refractivity contribution in [3.63, 3.8) is 0 Å². The van der Waals surface area contributed by atoms with Crippen molar-refractivity contribution in [2.75, 3.05) is 6.54 Å². The minimum absolute atomic E-state index is 0.0414. The van der Waals surface area contributed by atoms with Gasteiger partial charge in [-0.15, -0.1) is 11.3 Å². The molecule has 132 valence electrons. The molecule has 1 aromatic heterocycles. The SMILES string of the molecule is C[C@@H]1C[C@@H](N)CCN1S(=O)(=O)c1ccc2nc(C(C)(C)C)sc2c1. The maximum absolute atomic E-state index is 13.0. The molecule has 5 nitrogen and oxygen atoms in total. The van der Waals surface area contributed by atoms with E-state index in [0.29, 0.717) is 24.3 Å². The maximum Gasteiger partial charge on any atom is 0.243 e. The van der Waals surface area contributed by atoms with Gasteiger partial charge in [-0.05, 0) is 38.0 Å². The lowest BCUT2D eigenvalue weighted by Gasteiger charge is -2.35. The van der Waals surface area contributed by atoms with E-state index in [1.807, 2.05) is 13.0 Å². The van der Waals surface area contributed by atoms with E-state index in [4.69, 9.17) is 5.73 Å². The number of aromatic nitrogens is 1. The van der Waals surface area contributed by atoms with Crippen LogP contribution >= 0.6 is 11.3 Å². The van der Waals surface area contributed by atoms with E-state index in [-0.39, 0.29) is 17.5 Å². The van der Waals surface area contributed by atoms with Crippen LogP contribution in [0.4, 0.5) is 0 Å². The smallest absolute Gasteiger partial charge is 0.243 e. The van der Waals surface area contributed by atoms with Crippen LogP contribution in [0.2, 0.25) is 0 Å². The molecule has 1 aliphatic rings. The fourth-order valence-electron chi connectivity index (χ4n) is 3.07.